The number of carbonyl (C=O) groups excluding carboxylic acids is 1. The minimum absolute atomic E-state index is 0.324. The third kappa shape index (κ3) is 1.25. The summed E-state index contributed by atoms with van der Waals surface area (Å²) in [5, 5.41) is 10.7. The largest absolute Gasteiger partial charge is 0.373 e. The molecule has 1 atom stereocenters. The van der Waals surface area contributed by atoms with Gasteiger partial charge in [-0.15, -0.1) is 0 Å². The van der Waals surface area contributed by atoms with E-state index in [4.69, 9.17) is 0 Å². The lowest BCUT2D eigenvalue weighted by Gasteiger charge is -2.21. The number of carbonyl (C=O) groups is 1. The zero-order valence-corrected chi connectivity index (χ0v) is 10.2. The maximum atomic E-state index is 11.8. The zero-order valence-electron chi connectivity index (χ0n) is 9.05. The van der Waals surface area contributed by atoms with Gasteiger partial charge in [-0.2, -0.15) is 0 Å². The molecule has 2 aromatic carbocycles. The van der Waals surface area contributed by atoms with Gasteiger partial charge < -0.3 is 5.11 Å². The molecule has 0 bridgehead atoms. The number of benzene rings is 2. The molecule has 0 aliphatic heterocycles. The number of hydrogen-bond acceptors (Lipinski definition) is 2. The Kier molecular flexibility index (Phi) is 2.19. The Morgan fingerprint density at radius 2 is 1.35 bits per heavy atom. The van der Waals surface area contributed by atoms with E-state index in [1.807, 2.05) is 36.4 Å². The summed E-state index contributed by atoms with van der Waals surface area (Å²) in [5.74, 6) is 0. The summed E-state index contributed by atoms with van der Waals surface area (Å²) in [6.07, 6.45) is 0. The van der Waals surface area contributed by atoms with Crippen LogP contribution in [-0.4, -0.2) is 10.6 Å². The highest BCUT2D eigenvalue weighted by Gasteiger charge is 2.45. The number of rotatable bonds is 1. The van der Waals surface area contributed by atoms with Crippen LogP contribution in [0.4, 0.5) is 0 Å². The third-order valence-electron chi connectivity index (χ3n) is 3.28. The Bertz CT molecular complexity index is 574. The Morgan fingerprint density at radius 1 is 0.941 bits per heavy atom. The van der Waals surface area contributed by atoms with Crippen LogP contribution in [0.5, 0.6) is 0 Å². The molecule has 0 fully saturated rings. The maximum absolute atomic E-state index is 11.8. The van der Waals surface area contributed by atoms with Gasteiger partial charge in [-0.3, -0.25) is 4.79 Å². The lowest BCUT2D eigenvalue weighted by atomic mass is 9.93. The fourth-order valence-electron chi connectivity index (χ4n) is 2.48. The molecule has 1 aliphatic carbocycles. The average Bonchev–Trinajstić information content (AvgIpc) is 2.63. The van der Waals surface area contributed by atoms with E-state index in [9.17, 15) is 9.90 Å². The van der Waals surface area contributed by atoms with Gasteiger partial charge in [0.2, 0.25) is 0 Å². The molecular weight excluding hydrogens is 231 g/mol. The van der Waals surface area contributed by atoms with E-state index < -0.39 is 5.60 Å². The van der Waals surface area contributed by atoms with Crippen molar-refractivity contribution in [3.8, 4) is 11.1 Å². The van der Waals surface area contributed by atoms with Crippen LogP contribution in [0.25, 0.3) is 11.1 Å². The number of fused-ring (bicyclic) bond motifs is 3. The molecule has 84 valence electrons. The first-order valence-corrected chi connectivity index (χ1v) is 5.95. The van der Waals surface area contributed by atoms with Crippen LogP contribution in [-0.2, 0) is 10.4 Å². The normalized spacial score (nSPS) is 15.2. The first-order valence-electron chi connectivity index (χ1n) is 5.37. The summed E-state index contributed by atoms with van der Waals surface area (Å²) < 4.78 is 0. The van der Waals surface area contributed by atoms with Crippen molar-refractivity contribution in [1.82, 2.24) is 0 Å². The van der Waals surface area contributed by atoms with E-state index in [0.29, 0.717) is 11.1 Å². The Morgan fingerprint density at radius 3 is 1.76 bits per heavy atom. The Hall–Kier alpha value is -1.50. The van der Waals surface area contributed by atoms with Gasteiger partial charge in [-0.05, 0) is 11.1 Å². The van der Waals surface area contributed by atoms with Crippen LogP contribution in [0.3, 0.4) is 0 Å². The molecule has 0 aromatic heterocycles. The minimum Gasteiger partial charge on any atom is -0.373 e. The SMILES string of the molecule is O=C(P)C1(O)c2ccccc2-c2ccccc21. The fraction of sp³-hybridized carbons (Fsp3) is 0.0714. The molecule has 2 nitrogen and oxygen atoms in total. The van der Waals surface area contributed by atoms with Gasteiger partial charge in [0.15, 0.2) is 11.1 Å². The molecule has 17 heavy (non-hydrogen) atoms. The standard InChI is InChI=1S/C14H11O2P/c15-13(17)14(16)11-7-3-1-5-9(11)10-6-2-4-8-12(10)14/h1-8,16H,17H2. The first kappa shape index (κ1) is 10.6. The fourth-order valence-corrected chi connectivity index (χ4v) is 2.79. The molecule has 0 amide bonds. The monoisotopic (exact) mass is 242 g/mol. The molecule has 3 rings (SSSR count). The van der Waals surface area contributed by atoms with Crippen LogP contribution in [0, 0.1) is 0 Å². The second-order valence-electron chi connectivity index (χ2n) is 4.17. The van der Waals surface area contributed by atoms with Crippen LogP contribution >= 0.6 is 9.24 Å². The average molecular weight is 242 g/mol. The van der Waals surface area contributed by atoms with Crippen molar-refractivity contribution in [2.75, 3.05) is 0 Å². The molecule has 0 spiro atoms. The van der Waals surface area contributed by atoms with E-state index >= 15 is 0 Å². The van der Waals surface area contributed by atoms with Crippen LogP contribution in [0.15, 0.2) is 48.5 Å². The van der Waals surface area contributed by atoms with Crippen molar-refractivity contribution in [2.45, 2.75) is 5.60 Å². The van der Waals surface area contributed by atoms with Crippen LogP contribution in [0.2, 0.25) is 0 Å². The molecule has 1 unspecified atom stereocenters. The highest BCUT2D eigenvalue weighted by Crippen LogP contribution is 2.48. The first-order chi connectivity index (χ1) is 8.15. The van der Waals surface area contributed by atoms with Crippen molar-refractivity contribution >= 4 is 14.8 Å². The van der Waals surface area contributed by atoms with E-state index in [1.165, 1.54) is 0 Å². The van der Waals surface area contributed by atoms with Gasteiger partial charge in [0.25, 0.3) is 0 Å². The van der Waals surface area contributed by atoms with E-state index in [1.54, 1.807) is 12.1 Å². The van der Waals surface area contributed by atoms with Gasteiger partial charge in [0, 0.05) is 11.1 Å². The van der Waals surface area contributed by atoms with Crippen molar-refractivity contribution in [3.63, 3.8) is 0 Å². The minimum atomic E-state index is -1.52. The highest BCUT2D eigenvalue weighted by molar-refractivity contribution is 7.40. The van der Waals surface area contributed by atoms with Crippen molar-refractivity contribution in [1.29, 1.82) is 0 Å². The summed E-state index contributed by atoms with van der Waals surface area (Å²) in [6, 6.07) is 15.0. The summed E-state index contributed by atoms with van der Waals surface area (Å²) in [6.45, 7) is 0. The maximum Gasteiger partial charge on any atom is 0.188 e. The van der Waals surface area contributed by atoms with Gasteiger partial charge in [-0.1, -0.05) is 57.8 Å². The topological polar surface area (TPSA) is 37.3 Å². The zero-order chi connectivity index (χ0) is 12.0. The van der Waals surface area contributed by atoms with E-state index in [-0.39, 0.29) is 5.52 Å². The second-order valence-corrected chi connectivity index (χ2v) is 4.69. The summed E-state index contributed by atoms with van der Waals surface area (Å²) in [4.78, 5) is 11.8. The van der Waals surface area contributed by atoms with Crippen LogP contribution in [0.1, 0.15) is 11.1 Å². The summed E-state index contributed by atoms with van der Waals surface area (Å²) in [5.41, 5.74) is 1.36. The van der Waals surface area contributed by atoms with Crippen molar-refractivity contribution < 1.29 is 9.90 Å². The molecule has 1 aliphatic rings. The molecule has 0 saturated heterocycles. The molecule has 0 saturated carbocycles. The summed E-state index contributed by atoms with van der Waals surface area (Å²) >= 11 is 0. The van der Waals surface area contributed by atoms with Crippen LogP contribution < -0.4 is 0 Å². The lowest BCUT2D eigenvalue weighted by molar-refractivity contribution is -0.124. The van der Waals surface area contributed by atoms with Gasteiger partial charge in [0.05, 0.1) is 0 Å². The van der Waals surface area contributed by atoms with E-state index in [0.717, 1.165) is 11.1 Å². The van der Waals surface area contributed by atoms with Crippen molar-refractivity contribution in [2.24, 2.45) is 0 Å². The lowest BCUT2D eigenvalue weighted by Crippen LogP contribution is -2.31. The smallest absolute Gasteiger partial charge is 0.188 e. The third-order valence-corrected chi connectivity index (χ3v) is 3.70. The Labute approximate surface area is 101 Å². The molecule has 1 N–H and O–H groups in total. The molecular formula is C14H11O2P. The van der Waals surface area contributed by atoms with Crippen molar-refractivity contribution in [3.05, 3.63) is 59.7 Å². The predicted molar refractivity (Wildman–Crippen MR) is 69.6 cm³/mol. The van der Waals surface area contributed by atoms with E-state index in [2.05, 4.69) is 9.24 Å². The quantitative estimate of drug-likeness (QED) is 0.779. The number of hydrogen-bond donors (Lipinski definition) is 1. The molecule has 3 heteroatoms. The summed E-state index contributed by atoms with van der Waals surface area (Å²) in [7, 11) is 2.09. The molecule has 0 radical (unpaired) electrons. The Balaban J connectivity index is 2.43. The van der Waals surface area contributed by atoms with Gasteiger partial charge in [-0.25, -0.2) is 0 Å². The highest BCUT2D eigenvalue weighted by atomic mass is 31.0. The van der Waals surface area contributed by atoms with Gasteiger partial charge >= 0.3 is 0 Å². The second kappa shape index (κ2) is 3.49. The molecule has 2 aromatic rings. The number of aliphatic hydroxyl groups is 1. The van der Waals surface area contributed by atoms with Gasteiger partial charge in [0.1, 0.15) is 0 Å². The molecule has 0 heterocycles. The predicted octanol–water partition coefficient (Wildman–Crippen LogP) is 2.30.